The predicted octanol–water partition coefficient (Wildman–Crippen LogP) is 2.43. The largest absolute Gasteiger partial charge is 0.248 e. The van der Waals surface area contributed by atoms with Crippen LogP contribution in [0.5, 0.6) is 0 Å². The number of halogens is 2. The molecule has 114 valence electrons. The van der Waals surface area contributed by atoms with Crippen molar-refractivity contribution in [3.8, 4) is 0 Å². The van der Waals surface area contributed by atoms with Crippen molar-refractivity contribution >= 4 is 21.6 Å². The number of sulfonamides is 1. The van der Waals surface area contributed by atoms with Crippen LogP contribution in [0.2, 0.25) is 0 Å². The van der Waals surface area contributed by atoms with Crippen molar-refractivity contribution in [2.75, 3.05) is 12.3 Å². The van der Waals surface area contributed by atoms with E-state index in [1.54, 1.807) is 6.20 Å². The highest BCUT2D eigenvalue weighted by molar-refractivity contribution is 7.89. The molecule has 20 heavy (non-hydrogen) atoms. The fraction of sp³-hybridized carbons (Fsp3) is 0.750. The van der Waals surface area contributed by atoms with Crippen LogP contribution in [0.25, 0.3) is 0 Å². The minimum absolute atomic E-state index is 0.123. The van der Waals surface area contributed by atoms with E-state index < -0.39 is 21.9 Å². The molecule has 0 aromatic carbocycles. The summed E-state index contributed by atoms with van der Waals surface area (Å²) in [6.45, 7) is 0.285. The lowest BCUT2D eigenvalue weighted by Gasteiger charge is -2.28. The zero-order valence-corrected chi connectivity index (χ0v) is 12.7. The van der Waals surface area contributed by atoms with E-state index in [1.807, 2.05) is 6.07 Å². The molecular formula is C12H18F2N2O2S2. The Morgan fingerprint density at radius 2 is 2.30 bits per heavy atom. The monoisotopic (exact) mass is 324 g/mol. The van der Waals surface area contributed by atoms with Crippen LogP contribution in [0.3, 0.4) is 0 Å². The van der Waals surface area contributed by atoms with Gasteiger partial charge in [0.05, 0.1) is 5.75 Å². The fourth-order valence-corrected chi connectivity index (χ4v) is 4.50. The number of nitrogens with zero attached hydrogens (tertiary/aromatic N) is 1. The van der Waals surface area contributed by atoms with Gasteiger partial charge in [-0.05, 0) is 42.8 Å². The van der Waals surface area contributed by atoms with E-state index in [2.05, 4.69) is 9.10 Å². The van der Waals surface area contributed by atoms with E-state index in [0.717, 1.165) is 4.88 Å². The van der Waals surface area contributed by atoms with Crippen LogP contribution in [0.1, 0.15) is 30.6 Å². The van der Waals surface area contributed by atoms with E-state index in [-0.39, 0.29) is 25.1 Å². The van der Waals surface area contributed by atoms with Gasteiger partial charge in [0.2, 0.25) is 15.9 Å². The molecule has 0 amide bonds. The van der Waals surface area contributed by atoms with Crippen molar-refractivity contribution in [1.29, 1.82) is 0 Å². The van der Waals surface area contributed by atoms with Crippen LogP contribution in [-0.4, -0.2) is 31.0 Å². The average Bonchev–Trinajstić information content (AvgIpc) is 2.79. The Hall–Kier alpha value is -0.600. The molecular weight excluding hydrogens is 306 g/mol. The van der Waals surface area contributed by atoms with E-state index in [9.17, 15) is 17.2 Å². The van der Waals surface area contributed by atoms with Gasteiger partial charge in [-0.1, -0.05) is 0 Å². The summed E-state index contributed by atoms with van der Waals surface area (Å²) < 4.78 is 56.6. The number of alkyl halides is 2. The quantitative estimate of drug-likeness (QED) is 0.874. The van der Waals surface area contributed by atoms with Crippen molar-refractivity contribution in [2.45, 2.75) is 38.0 Å². The van der Waals surface area contributed by atoms with Gasteiger partial charge in [-0.2, -0.15) is 0 Å². The normalized spacial score (nSPS) is 22.8. The van der Waals surface area contributed by atoms with E-state index in [0.29, 0.717) is 19.3 Å². The van der Waals surface area contributed by atoms with Gasteiger partial charge in [-0.15, -0.1) is 0 Å². The van der Waals surface area contributed by atoms with Crippen molar-refractivity contribution in [3.63, 3.8) is 0 Å². The summed E-state index contributed by atoms with van der Waals surface area (Å²) in [4.78, 5) is 0.997. The first kappa shape index (κ1) is 15.8. The van der Waals surface area contributed by atoms with E-state index >= 15 is 0 Å². The van der Waals surface area contributed by atoms with Gasteiger partial charge < -0.3 is 0 Å². The molecule has 4 nitrogen and oxygen atoms in total. The lowest BCUT2D eigenvalue weighted by Crippen LogP contribution is -2.35. The van der Waals surface area contributed by atoms with Gasteiger partial charge in [0.25, 0.3) is 0 Å². The second-order valence-electron chi connectivity index (χ2n) is 5.22. The molecule has 1 saturated carbocycles. The minimum Gasteiger partial charge on any atom is -0.215 e. The lowest BCUT2D eigenvalue weighted by molar-refractivity contribution is -0.0489. The molecule has 0 bridgehead atoms. The van der Waals surface area contributed by atoms with Crippen LogP contribution in [-0.2, 0) is 16.4 Å². The molecule has 0 saturated heterocycles. The maximum absolute atomic E-state index is 13.2. The van der Waals surface area contributed by atoms with Gasteiger partial charge in [-0.3, -0.25) is 0 Å². The van der Waals surface area contributed by atoms with Crippen molar-refractivity contribution < 1.29 is 17.2 Å². The Morgan fingerprint density at radius 1 is 1.50 bits per heavy atom. The highest BCUT2D eigenvalue weighted by Gasteiger charge is 2.37. The average molecular weight is 324 g/mol. The Kier molecular flexibility index (Phi) is 5.09. The minimum atomic E-state index is -3.48. The highest BCUT2D eigenvalue weighted by Crippen LogP contribution is 2.36. The van der Waals surface area contributed by atoms with Crippen LogP contribution in [0.15, 0.2) is 12.3 Å². The maximum atomic E-state index is 13.2. The maximum Gasteiger partial charge on any atom is 0.248 e. The second-order valence-corrected chi connectivity index (χ2v) is 7.99. The third-order valence-electron chi connectivity index (χ3n) is 3.38. The Morgan fingerprint density at radius 3 is 2.95 bits per heavy atom. The molecule has 1 unspecified atom stereocenters. The second kappa shape index (κ2) is 6.44. The predicted molar refractivity (Wildman–Crippen MR) is 74.5 cm³/mol. The number of hydrogen-bond donors (Lipinski definition) is 1. The number of hydrogen-bond acceptors (Lipinski definition) is 4. The third-order valence-corrected chi connectivity index (χ3v) is 5.74. The summed E-state index contributed by atoms with van der Waals surface area (Å²) in [5.74, 6) is -3.36. The molecule has 0 radical (unpaired) electrons. The molecule has 1 heterocycles. The zero-order chi connectivity index (χ0) is 14.6. The van der Waals surface area contributed by atoms with Crippen molar-refractivity contribution in [3.05, 3.63) is 17.1 Å². The Labute approximate surface area is 121 Å². The molecule has 8 heteroatoms. The topological polar surface area (TPSA) is 59.1 Å². The summed E-state index contributed by atoms with van der Waals surface area (Å²) >= 11 is 1.32. The first-order chi connectivity index (χ1) is 9.36. The van der Waals surface area contributed by atoms with E-state index in [1.165, 1.54) is 11.5 Å². The van der Waals surface area contributed by atoms with Crippen LogP contribution in [0.4, 0.5) is 8.78 Å². The van der Waals surface area contributed by atoms with Gasteiger partial charge in [-0.25, -0.2) is 26.3 Å². The molecule has 1 aliphatic carbocycles. The molecule has 1 aliphatic rings. The molecule has 1 N–H and O–H groups in total. The van der Waals surface area contributed by atoms with Gasteiger partial charge >= 0.3 is 0 Å². The fourth-order valence-electron chi connectivity index (χ4n) is 2.49. The van der Waals surface area contributed by atoms with Crippen molar-refractivity contribution in [1.82, 2.24) is 9.10 Å². The Bertz CT molecular complexity index is 518. The molecule has 1 aromatic heterocycles. The van der Waals surface area contributed by atoms with Crippen molar-refractivity contribution in [2.24, 2.45) is 5.92 Å². The first-order valence-electron chi connectivity index (χ1n) is 6.61. The van der Waals surface area contributed by atoms with Crippen LogP contribution in [0, 0.1) is 5.92 Å². The first-order valence-corrected chi connectivity index (χ1v) is 9.04. The summed E-state index contributed by atoms with van der Waals surface area (Å²) in [7, 11) is -3.48. The molecule has 2 rings (SSSR count). The Balaban J connectivity index is 1.78. The number of aromatic nitrogens is 1. The van der Waals surface area contributed by atoms with Crippen LogP contribution < -0.4 is 4.72 Å². The molecule has 1 atom stereocenters. The smallest absolute Gasteiger partial charge is 0.215 e. The van der Waals surface area contributed by atoms with Gasteiger partial charge in [0.1, 0.15) is 0 Å². The molecule has 1 aromatic rings. The third kappa shape index (κ3) is 5.06. The summed E-state index contributed by atoms with van der Waals surface area (Å²) in [5, 5.41) is 0. The van der Waals surface area contributed by atoms with Crippen LogP contribution >= 0.6 is 11.5 Å². The number of rotatable bonds is 6. The number of nitrogens with one attached hydrogen (secondary N) is 1. The molecule has 0 aliphatic heterocycles. The standard InChI is InChI=1S/C12H18F2N2O2S2/c13-12(14)5-1-2-10(8-12)9-20(17,18)16-7-4-11-3-6-15-19-11/h3,6,10,16H,1-2,4-5,7-9H2. The molecule has 1 fully saturated rings. The summed E-state index contributed by atoms with van der Waals surface area (Å²) in [5.41, 5.74) is 0. The summed E-state index contributed by atoms with van der Waals surface area (Å²) in [6, 6.07) is 1.83. The zero-order valence-electron chi connectivity index (χ0n) is 11.0. The SMILES string of the molecule is O=S(=O)(CC1CCCC(F)(F)C1)NCCc1ccns1. The van der Waals surface area contributed by atoms with Gasteiger partial charge in [0, 0.05) is 30.5 Å². The summed E-state index contributed by atoms with van der Waals surface area (Å²) in [6.07, 6.45) is 2.76. The lowest BCUT2D eigenvalue weighted by atomic mass is 9.88. The van der Waals surface area contributed by atoms with E-state index in [4.69, 9.17) is 0 Å². The highest BCUT2D eigenvalue weighted by atomic mass is 32.2. The molecule has 0 spiro atoms. The van der Waals surface area contributed by atoms with Gasteiger partial charge in [0.15, 0.2) is 0 Å².